The van der Waals surface area contributed by atoms with E-state index in [9.17, 15) is 4.79 Å². The zero-order valence-electron chi connectivity index (χ0n) is 9.23. The van der Waals surface area contributed by atoms with Gasteiger partial charge in [-0.1, -0.05) is 24.8 Å². The molecule has 2 rings (SSSR count). The Hall–Kier alpha value is -1.77. The third-order valence-corrected chi connectivity index (χ3v) is 2.84. The van der Waals surface area contributed by atoms with Crippen LogP contribution in [0.25, 0.3) is 0 Å². The molecule has 0 aromatic heterocycles. The molecule has 0 bridgehead atoms. The summed E-state index contributed by atoms with van der Waals surface area (Å²) in [6.07, 6.45) is 2.32. The van der Waals surface area contributed by atoms with Crippen LogP contribution in [0, 0.1) is 0 Å². The highest BCUT2D eigenvalue weighted by Gasteiger charge is 2.22. The van der Waals surface area contributed by atoms with Crippen LogP contribution >= 0.6 is 0 Å². The fourth-order valence-corrected chi connectivity index (χ4v) is 2.01. The molecule has 84 valence electrons. The Balaban J connectivity index is 1.93. The third kappa shape index (κ3) is 2.42. The van der Waals surface area contributed by atoms with Crippen LogP contribution < -0.4 is 10.2 Å². The fourth-order valence-electron chi connectivity index (χ4n) is 2.01. The minimum absolute atomic E-state index is 0.0834. The first kappa shape index (κ1) is 10.7. The summed E-state index contributed by atoms with van der Waals surface area (Å²) in [5.41, 5.74) is 1.22. The summed E-state index contributed by atoms with van der Waals surface area (Å²) in [4.78, 5) is 13.4. The lowest BCUT2D eigenvalue weighted by Gasteiger charge is -2.18. The molecule has 1 heterocycles. The van der Waals surface area contributed by atoms with Crippen LogP contribution in [-0.2, 0) is 4.79 Å². The molecule has 1 saturated heterocycles. The smallest absolute Gasteiger partial charge is 0.243 e. The number of hydrogen-bond donors (Lipinski definition) is 1. The molecule has 1 fully saturated rings. The van der Waals surface area contributed by atoms with Gasteiger partial charge < -0.3 is 10.2 Å². The average Bonchev–Trinajstić information content (AvgIpc) is 2.78. The van der Waals surface area contributed by atoms with E-state index < -0.39 is 0 Å². The first-order chi connectivity index (χ1) is 7.79. The van der Waals surface area contributed by atoms with Gasteiger partial charge in [-0.15, -0.1) is 0 Å². The van der Waals surface area contributed by atoms with Gasteiger partial charge in [-0.05, 0) is 24.6 Å². The van der Waals surface area contributed by atoms with Gasteiger partial charge in [-0.3, -0.25) is 4.79 Å². The maximum Gasteiger partial charge on any atom is 0.243 e. The van der Waals surface area contributed by atoms with E-state index in [2.05, 4.69) is 28.9 Å². The number of para-hydroxylation sites is 1. The minimum atomic E-state index is -0.0834. The Morgan fingerprint density at radius 1 is 1.44 bits per heavy atom. The van der Waals surface area contributed by atoms with Crippen molar-refractivity contribution in [1.29, 1.82) is 0 Å². The van der Waals surface area contributed by atoms with Gasteiger partial charge in [0.15, 0.2) is 0 Å². The minimum Gasteiger partial charge on any atom is -0.369 e. The van der Waals surface area contributed by atoms with Gasteiger partial charge in [0.05, 0.1) is 0 Å². The molecule has 16 heavy (non-hydrogen) atoms. The highest BCUT2D eigenvalue weighted by molar-refractivity contribution is 5.87. The van der Waals surface area contributed by atoms with Crippen LogP contribution in [0.15, 0.2) is 43.0 Å². The summed E-state index contributed by atoms with van der Waals surface area (Å²) < 4.78 is 0. The summed E-state index contributed by atoms with van der Waals surface area (Å²) in [5, 5.41) is 2.93. The summed E-state index contributed by atoms with van der Waals surface area (Å²) in [6, 6.07) is 10.5. The Kier molecular flexibility index (Phi) is 3.25. The lowest BCUT2D eigenvalue weighted by molar-refractivity contribution is -0.117. The second kappa shape index (κ2) is 4.84. The van der Waals surface area contributed by atoms with Crippen molar-refractivity contribution >= 4 is 11.6 Å². The largest absolute Gasteiger partial charge is 0.369 e. The normalized spacial score (nSPS) is 19.5. The number of anilines is 1. The number of rotatable bonds is 3. The van der Waals surface area contributed by atoms with E-state index in [1.54, 1.807) is 0 Å². The molecule has 1 aromatic carbocycles. The summed E-state index contributed by atoms with van der Waals surface area (Å²) in [5.74, 6) is -0.0834. The zero-order valence-corrected chi connectivity index (χ0v) is 9.23. The molecule has 0 radical (unpaired) electrons. The molecule has 1 unspecified atom stereocenters. The molecule has 1 aromatic rings. The number of carbonyl (C=O) groups excluding carboxylic acids is 1. The second-order valence-electron chi connectivity index (χ2n) is 3.98. The van der Waals surface area contributed by atoms with E-state index >= 15 is 0 Å². The lowest BCUT2D eigenvalue weighted by Crippen LogP contribution is -2.35. The molecule has 0 spiro atoms. The summed E-state index contributed by atoms with van der Waals surface area (Å²) in [6.45, 7) is 5.32. The van der Waals surface area contributed by atoms with Crippen LogP contribution in [0.1, 0.15) is 6.42 Å². The Bertz CT molecular complexity index is 375. The average molecular weight is 216 g/mol. The predicted octanol–water partition coefficient (Wildman–Crippen LogP) is 1.57. The first-order valence-corrected chi connectivity index (χ1v) is 5.52. The molecular weight excluding hydrogens is 200 g/mol. The highest BCUT2D eigenvalue weighted by Crippen LogP contribution is 2.19. The number of nitrogens with one attached hydrogen (secondary N) is 1. The zero-order chi connectivity index (χ0) is 11.4. The van der Waals surface area contributed by atoms with Gasteiger partial charge >= 0.3 is 0 Å². The van der Waals surface area contributed by atoms with E-state index in [0.29, 0.717) is 0 Å². The van der Waals surface area contributed by atoms with Crippen LogP contribution in [0.5, 0.6) is 0 Å². The van der Waals surface area contributed by atoms with E-state index in [1.165, 1.54) is 11.8 Å². The van der Waals surface area contributed by atoms with E-state index in [-0.39, 0.29) is 11.9 Å². The van der Waals surface area contributed by atoms with E-state index in [1.807, 2.05) is 18.2 Å². The number of amides is 1. The van der Waals surface area contributed by atoms with Gasteiger partial charge in [0.1, 0.15) is 0 Å². The van der Waals surface area contributed by atoms with Crippen molar-refractivity contribution in [1.82, 2.24) is 5.32 Å². The molecule has 1 N–H and O–H groups in total. The summed E-state index contributed by atoms with van der Waals surface area (Å²) in [7, 11) is 0. The predicted molar refractivity (Wildman–Crippen MR) is 65.4 cm³/mol. The molecule has 3 heteroatoms. The lowest BCUT2D eigenvalue weighted by atomic mass is 10.2. The standard InChI is InChI=1S/C13H16N2O/c1-2-13(16)14-11-8-9-15(10-11)12-6-4-3-5-7-12/h2-7,11H,1,8-10H2,(H,14,16). The van der Waals surface area contributed by atoms with Crippen LogP contribution in [-0.4, -0.2) is 25.0 Å². The third-order valence-electron chi connectivity index (χ3n) is 2.84. The number of nitrogens with zero attached hydrogens (tertiary/aromatic N) is 1. The number of benzene rings is 1. The number of carbonyl (C=O) groups is 1. The molecule has 1 aliphatic rings. The monoisotopic (exact) mass is 216 g/mol. The molecule has 1 amide bonds. The molecule has 0 saturated carbocycles. The Labute approximate surface area is 95.8 Å². The maximum absolute atomic E-state index is 11.2. The van der Waals surface area contributed by atoms with Gasteiger partial charge in [0, 0.05) is 24.8 Å². The van der Waals surface area contributed by atoms with Crippen molar-refractivity contribution in [2.24, 2.45) is 0 Å². The summed E-state index contributed by atoms with van der Waals surface area (Å²) >= 11 is 0. The van der Waals surface area contributed by atoms with Gasteiger partial charge in [0.25, 0.3) is 0 Å². The van der Waals surface area contributed by atoms with Crippen LogP contribution in [0.2, 0.25) is 0 Å². The number of hydrogen-bond acceptors (Lipinski definition) is 2. The first-order valence-electron chi connectivity index (χ1n) is 5.52. The van der Waals surface area contributed by atoms with Gasteiger partial charge in [-0.25, -0.2) is 0 Å². The molecule has 1 atom stereocenters. The van der Waals surface area contributed by atoms with Crippen molar-refractivity contribution in [3.8, 4) is 0 Å². The molecule has 3 nitrogen and oxygen atoms in total. The van der Waals surface area contributed by atoms with Gasteiger partial charge in [0.2, 0.25) is 5.91 Å². The van der Waals surface area contributed by atoms with E-state index in [0.717, 1.165) is 19.5 Å². The molecular formula is C13H16N2O. The van der Waals surface area contributed by atoms with Gasteiger partial charge in [-0.2, -0.15) is 0 Å². The quantitative estimate of drug-likeness (QED) is 0.778. The van der Waals surface area contributed by atoms with Crippen LogP contribution in [0.3, 0.4) is 0 Å². The Morgan fingerprint density at radius 3 is 2.88 bits per heavy atom. The molecule has 0 aliphatic carbocycles. The SMILES string of the molecule is C=CC(=O)NC1CCN(c2ccccc2)C1. The second-order valence-corrected chi connectivity index (χ2v) is 3.98. The topological polar surface area (TPSA) is 32.3 Å². The molecule has 1 aliphatic heterocycles. The van der Waals surface area contributed by atoms with E-state index in [4.69, 9.17) is 0 Å². The van der Waals surface area contributed by atoms with Crippen LogP contribution in [0.4, 0.5) is 5.69 Å². The fraction of sp³-hybridized carbons (Fsp3) is 0.308. The van der Waals surface area contributed by atoms with Crippen molar-refractivity contribution in [3.05, 3.63) is 43.0 Å². The highest BCUT2D eigenvalue weighted by atomic mass is 16.1. The van der Waals surface area contributed by atoms with Crippen molar-refractivity contribution in [2.45, 2.75) is 12.5 Å². The van der Waals surface area contributed by atoms with Crippen molar-refractivity contribution in [3.63, 3.8) is 0 Å². The Morgan fingerprint density at radius 2 is 2.19 bits per heavy atom. The van der Waals surface area contributed by atoms with Crippen molar-refractivity contribution in [2.75, 3.05) is 18.0 Å². The van der Waals surface area contributed by atoms with Crippen molar-refractivity contribution < 1.29 is 4.79 Å². The maximum atomic E-state index is 11.2.